The zero-order valence-corrected chi connectivity index (χ0v) is 9.83. The van der Waals surface area contributed by atoms with E-state index in [0.717, 1.165) is 6.92 Å². The van der Waals surface area contributed by atoms with Crippen molar-refractivity contribution in [1.29, 1.82) is 0 Å². The van der Waals surface area contributed by atoms with Crippen LogP contribution < -0.4 is 0 Å². The minimum atomic E-state index is -2.31. The van der Waals surface area contributed by atoms with Gasteiger partial charge in [-0.15, -0.1) is 0 Å². The summed E-state index contributed by atoms with van der Waals surface area (Å²) in [6.07, 6.45) is -1.63. The molecule has 4 nitrogen and oxygen atoms in total. The lowest BCUT2D eigenvalue weighted by Gasteiger charge is -2.25. The summed E-state index contributed by atoms with van der Waals surface area (Å²) in [5, 5.41) is 28.5. The van der Waals surface area contributed by atoms with Crippen LogP contribution in [-0.2, 0) is 4.79 Å². The molecular weight excluding hydrogens is 255 g/mol. The molecule has 0 aliphatic rings. The minimum absolute atomic E-state index is 0.0986. The number of aliphatic hydroxyl groups is 2. The fourth-order valence-corrected chi connectivity index (χ4v) is 1.65. The molecule has 1 aromatic rings. The molecule has 1 aromatic carbocycles. The van der Waals surface area contributed by atoms with E-state index >= 15 is 0 Å². The van der Waals surface area contributed by atoms with Crippen LogP contribution in [-0.4, -0.2) is 26.9 Å². The molecule has 0 heterocycles. The number of carboxylic acid groups (broad SMARTS) is 1. The van der Waals surface area contributed by atoms with Gasteiger partial charge in [0.2, 0.25) is 0 Å². The van der Waals surface area contributed by atoms with E-state index in [1.807, 2.05) is 0 Å². The normalized spacial score (nSPS) is 16.6. The highest BCUT2D eigenvalue weighted by atomic mass is 35.5. The molecule has 1 rings (SSSR count). The summed E-state index contributed by atoms with van der Waals surface area (Å²) in [4.78, 5) is 10.7. The predicted molar refractivity (Wildman–Crippen MR) is 59.7 cm³/mol. The smallest absolute Gasteiger partial charge is 0.338 e. The third kappa shape index (κ3) is 2.47. The molecular formula is C10H10Cl2O4. The number of hydrogen-bond donors (Lipinski definition) is 3. The number of benzene rings is 1. The lowest BCUT2D eigenvalue weighted by Crippen LogP contribution is -2.41. The zero-order valence-electron chi connectivity index (χ0n) is 8.32. The molecule has 0 spiro atoms. The largest absolute Gasteiger partial charge is 0.479 e. The maximum absolute atomic E-state index is 10.7. The SMILES string of the molecule is C[C@](O)(C(=O)O)[C@H](O)c1ccc(Cl)cc1Cl. The molecule has 0 amide bonds. The molecule has 0 unspecified atom stereocenters. The second-order valence-electron chi connectivity index (χ2n) is 3.52. The van der Waals surface area contributed by atoms with Gasteiger partial charge in [0.05, 0.1) is 0 Å². The van der Waals surface area contributed by atoms with Gasteiger partial charge in [-0.3, -0.25) is 0 Å². The molecule has 2 atom stereocenters. The number of aliphatic hydroxyl groups excluding tert-OH is 1. The average molecular weight is 265 g/mol. The van der Waals surface area contributed by atoms with Crippen LogP contribution in [0.1, 0.15) is 18.6 Å². The average Bonchev–Trinajstić information content (AvgIpc) is 2.16. The Hall–Kier alpha value is -0.810. The molecule has 0 aliphatic heterocycles. The first-order chi connectivity index (χ1) is 7.26. The molecule has 0 aromatic heterocycles. The van der Waals surface area contributed by atoms with Gasteiger partial charge in [0.1, 0.15) is 6.10 Å². The number of hydrogen-bond acceptors (Lipinski definition) is 3. The number of halogens is 2. The van der Waals surface area contributed by atoms with E-state index in [4.69, 9.17) is 28.3 Å². The molecule has 0 aliphatic carbocycles. The van der Waals surface area contributed by atoms with E-state index in [-0.39, 0.29) is 10.6 Å². The zero-order chi connectivity index (χ0) is 12.5. The quantitative estimate of drug-likeness (QED) is 0.779. The third-order valence-electron chi connectivity index (χ3n) is 2.22. The van der Waals surface area contributed by atoms with Crippen LogP contribution in [0, 0.1) is 0 Å². The summed E-state index contributed by atoms with van der Waals surface area (Å²) in [5.41, 5.74) is -2.20. The second kappa shape index (κ2) is 4.59. The summed E-state index contributed by atoms with van der Waals surface area (Å²) in [6.45, 7) is 0.991. The number of aliphatic carboxylic acids is 1. The van der Waals surface area contributed by atoms with E-state index in [1.165, 1.54) is 18.2 Å². The Morgan fingerprint density at radius 3 is 2.44 bits per heavy atom. The Balaban J connectivity index is 3.14. The molecule has 16 heavy (non-hydrogen) atoms. The predicted octanol–water partition coefficient (Wildman–Crippen LogP) is 1.86. The highest BCUT2D eigenvalue weighted by Crippen LogP contribution is 2.32. The Morgan fingerprint density at radius 2 is 2.00 bits per heavy atom. The van der Waals surface area contributed by atoms with Gasteiger partial charge in [0.25, 0.3) is 0 Å². The summed E-state index contributed by atoms with van der Waals surface area (Å²) in [5.74, 6) is -1.54. The fraction of sp³-hybridized carbons (Fsp3) is 0.300. The van der Waals surface area contributed by atoms with Gasteiger partial charge < -0.3 is 15.3 Å². The molecule has 3 N–H and O–H groups in total. The van der Waals surface area contributed by atoms with Gasteiger partial charge in [-0.05, 0) is 19.1 Å². The lowest BCUT2D eigenvalue weighted by atomic mass is 9.93. The Labute approximate surface area is 102 Å². The van der Waals surface area contributed by atoms with Crippen LogP contribution in [0.2, 0.25) is 10.0 Å². The first-order valence-corrected chi connectivity index (χ1v) is 5.11. The Morgan fingerprint density at radius 1 is 1.44 bits per heavy atom. The van der Waals surface area contributed by atoms with Crippen LogP contribution in [0.15, 0.2) is 18.2 Å². The first-order valence-electron chi connectivity index (χ1n) is 4.35. The summed E-state index contributed by atoms with van der Waals surface area (Å²) >= 11 is 11.4. The minimum Gasteiger partial charge on any atom is -0.479 e. The lowest BCUT2D eigenvalue weighted by molar-refractivity contribution is -0.169. The monoisotopic (exact) mass is 264 g/mol. The van der Waals surface area contributed by atoms with Gasteiger partial charge in [-0.2, -0.15) is 0 Å². The number of carboxylic acids is 1. The highest BCUT2D eigenvalue weighted by Gasteiger charge is 2.40. The maximum Gasteiger partial charge on any atom is 0.338 e. The van der Waals surface area contributed by atoms with Crippen LogP contribution in [0.25, 0.3) is 0 Å². The van der Waals surface area contributed by atoms with Gasteiger partial charge >= 0.3 is 5.97 Å². The summed E-state index contributed by atoms with van der Waals surface area (Å²) in [7, 11) is 0. The third-order valence-corrected chi connectivity index (χ3v) is 2.78. The van der Waals surface area contributed by atoms with Crippen LogP contribution in [0.3, 0.4) is 0 Å². The number of carbonyl (C=O) groups is 1. The molecule has 0 saturated heterocycles. The Kier molecular flexibility index (Phi) is 3.80. The molecule has 6 heteroatoms. The number of rotatable bonds is 3. The van der Waals surface area contributed by atoms with Crippen molar-refractivity contribution in [2.45, 2.75) is 18.6 Å². The topological polar surface area (TPSA) is 77.8 Å². The van der Waals surface area contributed by atoms with Crippen molar-refractivity contribution >= 4 is 29.2 Å². The second-order valence-corrected chi connectivity index (χ2v) is 4.36. The van der Waals surface area contributed by atoms with Crippen molar-refractivity contribution < 1.29 is 20.1 Å². The van der Waals surface area contributed by atoms with Crippen molar-refractivity contribution in [1.82, 2.24) is 0 Å². The van der Waals surface area contributed by atoms with E-state index in [9.17, 15) is 15.0 Å². The maximum atomic E-state index is 10.7. The fourth-order valence-electron chi connectivity index (χ4n) is 1.14. The van der Waals surface area contributed by atoms with Crippen molar-refractivity contribution in [3.05, 3.63) is 33.8 Å². The van der Waals surface area contributed by atoms with E-state index < -0.39 is 17.7 Å². The van der Waals surface area contributed by atoms with Crippen molar-refractivity contribution in [2.75, 3.05) is 0 Å². The highest BCUT2D eigenvalue weighted by molar-refractivity contribution is 6.35. The van der Waals surface area contributed by atoms with Crippen LogP contribution >= 0.6 is 23.2 Å². The van der Waals surface area contributed by atoms with Gasteiger partial charge in [-0.25, -0.2) is 4.79 Å². The van der Waals surface area contributed by atoms with E-state index in [2.05, 4.69) is 0 Å². The summed E-state index contributed by atoms with van der Waals surface area (Å²) in [6, 6.07) is 4.18. The molecule has 0 radical (unpaired) electrons. The molecule has 0 saturated carbocycles. The van der Waals surface area contributed by atoms with Crippen molar-refractivity contribution in [3.63, 3.8) is 0 Å². The standard InChI is InChI=1S/C10H10Cl2O4/c1-10(16,9(14)15)8(13)6-3-2-5(11)4-7(6)12/h2-4,8,13,16H,1H3,(H,14,15)/t8-,10-/m1/s1. The van der Waals surface area contributed by atoms with E-state index in [1.54, 1.807) is 0 Å². The molecule has 0 bridgehead atoms. The van der Waals surface area contributed by atoms with Gasteiger partial charge in [0.15, 0.2) is 5.60 Å². The Bertz CT molecular complexity index is 417. The molecule has 0 fully saturated rings. The van der Waals surface area contributed by atoms with Crippen molar-refractivity contribution in [2.24, 2.45) is 0 Å². The van der Waals surface area contributed by atoms with Gasteiger partial charge in [-0.1, -0.05) is 29.3 Å². The molecule has 88 valence electrons. The first kappa shape index (κ1) is 13.3. The van der Waals surface area contributed by atoms with E-state index in [0.29, 0.717) is 5.02 Å². The van der Waals surface area contributed by atoms with Crippen molar-refractivity contribution in [3.8, 4) is 0 Å². The van der Waals surface area contributed by atoms with Crippen LogP contribution in [0.5, 0.6) is 0 Å². The van der Waals surface area contributed by atoms with Gasteiger partial charge in [0, 0.05) is 15.6 Å². The van der Waals surface area contributed by atoms with Crippen LogP contribution in [0.4, 0.5) is 0 Å². The summed E-state index contributed by atoms with van der Waals surface area (Å²) < 4.78 is 0.